The normalized spacial score (nSPS) is 10.6. The Bertz CT molecular complexity index is 912. The van der Waals surface area contributed by atoms with Crippen LogP contribution < -0.4 is 10.1 Å². The van der Waals surface area contributed by atoms with Gasteiger partial charge in [-0.25, -0.2) is 4.98 Å². The number of pyridine rings is 1. The number of benzene rings is 2. The number of halogens is 1. The number of fused-ring (bicyclic) bond motifs is 1. The first-order chi connectivity index (χ1) is 11.6. The molecule has 6 heteroatoms. The number of methoxy groups -OCH3 is 1. The van der Waals surface area contributed by atoms with Gasteiger partial charge in [-0.2, -0.15) is 0 Å². The summed E-state index contributed by atoms with van der Waals surface area (Å²) in [4.78, 5) is 15.9. The summed E-state index contributed by atoms with van der Waals surface area (Å²) in [6, 6.07) is 13.1. The van der Waals surface area contributed by atoms with Gasteiger partial charge in [0.25, 0.3) is 5.91 Å². The molecule has 0 fully saturated rings. The van der Waals surface area contributed by atoms with E-state index >= 15 is 0 Å². The van der Waals surface area contributed by atoms with Gasteiger partial charge < -0.3 is 15.2 Å². The Morgan fingerprint density at radius 3 is 2.88 bits per heavy atom. The van der Waals surface area contributed by atoms with E-state index in [0.717, 1.165) is 22.1 Å². The average Bonchev–Trinajstić information content (AvgIpc) is 2.61. The monoisotopic (exact) mass is 342 g/mol. The molecule has 3 rings (SSSR count). The lowest BCUT2D eigenvalue weighted by Crippen LogP contribution is -2.23. The molecule has 0 aliphatic rings. The molecule has 0 saturated carbocycles. The van der Waals surface area contributed by atoms with Crippen LogP contribution in [0.5, 0.6) is 11.5 Å². The fraction of sp³-hybridized carbons (Fsp3) is 0.111. The minimum Gasteiger partial charge on any atom is -0.504 e. The Balaban J connectivity index is 1.83. The van der Waals surface area contributed by atoms with Gasteiger partial charge in [-0.05, 0) is 29.1 Å². The van der Waals surface area contributed by atoms with Crippen LogP contribution in [-0.2, 0) is 6.54 Å². The number of amides is 1. The Labute approximate surface area is 143 Å². The Morgan fingerprint density at radius 2 is 2.08 bits per heavy atom. The van der Waals surface area contributed by atoms with Crippen LogP contribution in [0.25, 0.3) is 10.8 Å². The van der Waals surface area contributed by atoms with Crippen molar-refractivity contribution in [1.29, 1.82) is 0 Å². The van der Waals surface area contributed by atoms with Crippen LogP contribution >= 0.6 is 11.6 Å². The van der Waals surface area contributed by atoms with Crippen molar-refractivity contribution >= 4 is 28.3 Å². The van der Waals surface area contributed by atoms with Gasteiger partial charge in [0, 0.05) is 18.1 Å². The molecule has 0 bridgehead atoms. The van der Waals surface area contributed by atoms with E-state index < -0.39 is 5.91 Å². The van der Waals surface area contributed by atoms with Crippen molar-refractivity contribution in [3.63, 3.8) is 0 Å². The summed E-state index contributed by atoms with van der Waals surface area (Å²) in [5.41, 5.74) is 0.973. The maximum Gasteiger partial charge on any atom is 0.255 e. The van der Waals surface area contributed by atoms with Gasteiger partial charge in [0.15, 0.2) is 10.9 Å². The number of nitrogens with zero attached hydrogens (tertiary/aromatic N) is 1. The lowest BCUT2D eigenvalue weighted by molar-refractivity contribution is 0.0948. The molecule has 0 atom stereocenters. The molecule has 24 heavy (non-hydrogen) atoms. The van der Waals surface area contributed by atoms with Crippen LogP contribution in [0.4, 0.5) is 0 Å². The SMILES string of the molecule is COc1cc(CNC(=O)c2ccnc(Cl)c2O)cc2ccccc12. The van der Waals surface area contributed by atoms with E-state index in [2.05, 4.69) is 10.3 Å². The van der Waals surface area contributed by atoms with E-state index in [9.17, 15) is 9.90 Å². The molecule has 0 aliphatic heterocycles. The molecule has 1 amide bonds. The number of aromatic nitrogens is 1. The van der Waals surface area contributed by atoms with Gasteiger partial charge in [0.1, 0.15) is 5.75 Å². The molecule has 0 unspecified atom stereocenters. The zero-order valence-electron chi connectivity index (χ0n) is 12.9. The van der Waals surface area contributed by atoms with E-state index in [1.807, 2.05) is 36.4 Å². The number of aromatic hydroxyl groups is 1. The topological polar surface area (TPSA) is 71.5 Å². The van der Waals surface area contributed by atoms with E-state index in [1.54, 1.807) is 7.11 Å². The van der Waals surface area contributed by atoms with E-state index in [4.69, 9.17) is 16.3 Å². The zero-order chi connectivity index (χ0) is 17.1. The molecule has 122 valence electrons. The first-order valence-corrected chi connectivity index (χ1v) is 7.65. The number of carbonyl (C=O) groups excluding carboxylic acids is 1. The number of hydrogen-bond donors (Lipinski definition) is 2. The van der Waals surface area contributed by atoms with Crippen molar-refractivity contribution in [2.24, 2.45) is 0 Å². The number of ether oxygens (including phenoxy) is 1. The van der Waals surface area contributed by atoms with Gasteiger partial charge in [-0.15, -0.1) is 0 Å². The molecular formula is C18H15ClN2O3. The average molecular weight is 343 g/mol. The van der Waals surface area contributed by atoms with Gasteiger partial charge in [-0.1, -0.05) is 35.9 Å². The minimum atomic E-state index is -0.427. The minimum absolute atomic E-state index is 0.0859. The summed E-state index contributed by atoms with van der Waals surface area (Å²) in [6.45, 7) is 0.291. The Morgan fingerprint density at radius 1 is 1.29 bits per heavy atom. The molecule has 5 nitrogen and oxygen atoms in total. The molecule has 0 saturated heterocycles. The third-order valence-corrected chi connectivity index (χ3v) is 3.96. The van der Waals surface area contributed by atoms with Crippen LogP contribution in [-0.4, -0.2) is 23.1 Å². The highest BCUT2D eigenvalue weighted by Crippen LogP contribution is 2.28. The highest BCUT2D eigenvalue weighted by molar-refractivity contribution is 6.31. The zero-order valence-corrected chi connectivity index (χ0v) is 13.7. The molecular weight excluding hydrogens is 328 g/mol. The van der Waals surface area contributed by atoms with Gasteiger partial charge >= 0.3 is 0 Å². The van der Waals surface area contributed by atoms with Gasteiger partial charge in [0.2, 0.25) is 0 Å². The standard InChI is InChI=1S/C18H15ClN2O3/c1-24-15-9-11(8-12-4-2-3-5-13(12)15)10-21-18(23)14-6-7-20-17(19)16(14)22/h2-9,22H,10H2,1H3,(H,21,23). The van der Waals surface area contributed by atoms with Crippen molar-refractivity contribution in [3.05, 3.63) is 64.9 Å². The molecule has 0 aliphatic carbocycles. The van der Waals surface area contributed by atoms with Crippen LogP contribution in [0, 0.1) is 0 Å². The highest BCUT2D eigenvalue weighted by atomic mass is 35.5. The predicted molar refractivity (Wildman–Crippen MR) is 92.6 cm³/mol. The lowest BCUT2D eigenvalue weighted by Gasteiger charge is -2.11. The summed E-state index contributed by atoms with van der Waals surface area (Å²) >= 11 is 5.72. The third kappa shape index (κ3) is 3.12. The van der Waals surface area contributed by atoms with Gasteiger partial charge in [-0.3, -0.25) is 4.79 Å². The Kier molecular flexibility index (Phi) is 4.53. The highest BCUT2D eigenvalue weighted by Gasteiger charge is 2.14. The maximum atomic E-state index is 12.2. The summed E-state index contributed by atoms with van der Waals surface area (Å²) in [6.07, 6.45) is 1.37. The third-order valence-electron chi connectivity index (χ3n) is 3.68. The van der Waals surface area contributed by atoms with Crippen molar-refractivity contribution in [1.82, 2.24) is 10.3 Å². The fourth-order valence-electron chi connectivity index (χ4n) is 2.49. The van der Waals surface area contributed by atoms with Gasteiger partial charge in [0.05, 0.1) is 12.7 Å². The number of hydrogen-bond acceptors (Lipinski definition) is 4. The van der Waals surface area contributed by atoms with Crippen molar-refractivity contribution in [2.45, 2.75) is 6.54 Å². The molecule has 2 aromatic carbocycles. The predicted octanol–water partition coefficient (Wildman–Crippen LogP) is 3.53. The first-order valence-electron chi connectivity index (χ1n) is 7.27. The number of nitrogens with one attached hydrogen (secondary N) is 1. The molecule has 1 heterocycles. The van der Waals surface area contributed by atoms with E-state index in [0.29, 0.717) is 6.54 Å². The van der Waals surface area contributed by atoms with E-state index in [-0.39, 0.29) is 16.5 Å². The number of carbonyl (C=O) groups is 1. The second-order valence-corrected chi connectivity index (χ2v) is 5.56. The number of rotatable bonds is 4. The lowest BCUT2D eigenvalue weighted by atomic mass is 10.1. The van der Waals surface area contributed by atoms with Crippen LogP contribution in [0.2, 0.25) is 5.15 Å². The molecule has 0 spiro atoms. The first kappa shape index (κ1) is 16.1. The second-order valence-electron chi connectivity index (χ2n) is 5.20. The Hall–Kier alpha value is -2.79. The van der Waals surface area contributed by atoms with Crippen molar-refractivity contribution in [2.75, 3.05) is 7.11 Å². The quantitative estimate of drug-likeness (QED) is 0.711. The summed E-state index contributed by atoms with van der Waals surface area (Å²) in [5, 5.41) is 14.5. The smallest absolute Gasteiger partial charge is 0.255 e. The molecule has 0 radical (unpaired) electrons. The molecule has 2 N–H and O–H groups in total. The molecule has 3 aromatic rings. The largest absolute Gasteiger partial charge is 0.504 e. The van der Waals surface area contributed by atoms with Crippen molar-refractivity contribution in [3.8, 4) is 11.5 Å². The summed E-state index contributed by atoms with van der Waals surface area (Å²) in [5.74, 6) is -0.0103. The maximum absolute atomic E-state index is 12.2. The van der Waals surface area contributed by atoms with Crippen molar-refractivity contribution < 1.29 is 14.6 Å². The van der Waals surface area contributed by atoms with Crippen LogP contribution in [0.3, 0.4) is 0 Å². The fourth-order valence-corrected chi connectivity index (χ4v) is 2.65. The van der Waals surface area contributed by atoms with Crippen LogP contribution in [0.15, 0.2) is 48.7 Å². The molecule has 1 aromatic heterocycles. The summed E-state index contributed by atoms with van der Waals surface area (Å²) in [7, 11) is 1.61. The summed E-state index contributed by atoms with van der Waals surface area (Å²) < 4.78 is 5.42. The van der Waals surface area contributed by atoms with E-state index in [1.165, 1.54) is 12.3 Å². The second kappa shape index (κ2) is 6.76. The van der Waals surface area contributed by atoms with Crippen LogP contribution in [0.1, 0.15) is 15.9 Å².